The lowest BCUT2D eigenvalue weighted by molar-refractivity contribution is 0.0506. The van der Waals surface area contributed by atoms with Gasteiger partial charge in [-0.25, -0.2) is 13.6 Å². The molecule has 0 atom stereocenters. The number of amides is 2. The lowest BCUT2D eigenvalue weighted by Crippen LogP contribution is -2.42. The van der Waals surface area contributed by atoms with Crippen molar-refractivity contribution in [3.05, 3.63) is 29.8 Å². The summed E-state index contributed by atoms with van der Waals surface area (Å²) in [5.74, 6) is -1.68. The number of anilines is 1. The Kier molecular flexibility index (Phi) is 3.99. The second-order valence-corrected chi connectivity index (χ2v) is 4.84. The summed E-state index contributed by atoms with van der Waals surface area (Å²) < 4.78 is 26.6. The van der Waals surface area contributed by atoms with Crippen LogP contribution < -0.4 is 10.6 Å². The molecule has 1 aromatic carbocycles. The second kappa shape index (κ2) is 5.52. The number of benzene rings is 1. The highest BCUT2D eigenvalue weighted by Crippen LogP contribution is 2.28. The molecule has 0 aliphatic heterocycles. The number of hydrogen-bond donors (Lipinski definition) is 3. The van der Waals surface area contributed by atoms with Gasteiger partial charge in [-0.1, -0.05) is 18.9 Å². The predicted octanol–water partition coefficient (Wildman–Crippen LogP) is 2.39. The van der Waals surface area contributed by atoms with Crippen LogP contribution in [0.2, 0.25) is 0 Å². The van der Waals surface area contributed by atoms with E-state index in [1.807, 2.05) is 0 Å². The van der Waals surface area contributed by atoms with Crippen LogP contribution in [-0.2, 0) is 0 Å². The number of rotatable bonds is 3. The molecule has 1 saturated carbocycles. The van der Waals surface area contributed by atoms with Gasteiger partial charge in [0.05, 0.1) is 5.60 Å². The molecule has 6 heteroatoms. The molecule has 1 aliphatic carbocycles. The van der Waals surface area contributed by atoms with Gasteiger partial charge < -0.3 is 15.7 Å². The Morgan fingerprint density at radius 3 is 2.42 bits per heavy atom. The van der Waals surface area contributed by atoms with Crippen LogP contribution in [0.25, 0.3) is 0 Å². The minimum atomic E-state index is -0.898. The molecule has 1 aromatic rings. The van der Waals surface area contributed by atoms with Crippen LogP contribution in [0, 0.1) is 11.6 Å². The van der Waals surface area contributed by atoms with Gasteiger partial charge >= 0.3 is 6.03 Å². The SMILES string of the molecule is O=C(NCC1(O)CCCC1)Nc1c(F)cccc1F. The van der Waals surface area contributed by atoms with Crippen LogP contribution in [0.15, 0.2) is 18.2 Å². The van der Waals surface area contributed by atoms with E-state index in [2.05, 4.69) is 10.6 Å². The third-order valence-electron chi connectivity index (χ3n) is 3.31. The van der Waals surface area contributed by atoms with Crippen molar-refractivity contribution in [2.45, 2.75) is 31.3 Å². The van der Waals surface area contributed by atoms with Crippen molar-refractivity contribution in [2.75, 3.05) is 11.9 Å². The molecular formula is C13H16F2N2O2. The summed E-state index contributed by atoms with van der Waals surface area (Å²) in [5.41, 5.74) is -1.39. The number of carbonyl (C=O) groups is 1. The second-order valence-electron chi connectivity index (χ2n) is 4.84. The average Bonchev–Trinajstić information content (AvgIpc) is 2.79. The van der Waals surface area contributed by atoms with Crippen LogP contribution >= 0.6 is 0 Å². The standard InChI is InChI=1S/C13H16F2N2O2/c14-9-4-3-5-10(15)11(9)17-12(18)16-8-13(19)6-1-2-7-13/h3-5,19H,1-2,6-8H2,(H2,16,17,18). The first-order valence-corrected chi connectivity index (χ1v) is 6.21. The van der Waals surface area contributed by atoms with Crippen molar-refractivity contribution >= 4 is 11.7 Å². The number of carbonyl (C=O) groups excluding carboxylic acids is 1. The molecule has 1 aliphatic rings. The summed E-state index contributed by atoms with van der Waals surface area (Å²) >= 11 is 0. The van der Waals surface area contributed by atoms with Gasteiger partial charge in [-0.3, -0.25) is 0 Å². The Hall–Kier alpha value is -1.69. The molecule has 0 bridgehead atoms. The van der Waals surface area contributed by atoms with Gasteiger partial charge in [-0.05, 0) is 25.0 Å². The largest absolute Gasteiger partial charge is 0.388 e. The van der Waals surface area contributed by atoms with E-state index in [1.165, 1.54) is 6.07 Å². The first-order chi connectivity index (χ1) is 9.00. The number of urea groups is 1. The fraction of sp³-hybridized carbons (Fsp3) is 0.462. The smallest absolute Gasteiger partial charge is 0.319 e. The maximum absolute atomic E-state index is 13.3. The zero-order chi connectivity index (χ0) is 13.9. The molecule has 0 heterocycles. The predicted molar refractivity (Wildman–Crippen MR) is 66.8 cm³/mol. The third kappa shape index (κ3) is 3.41. The molecule has 0 spiro atoms. The Morgan fingerprint density at radius 1 is 1.26 bits per heavy atom. The zero-order valence-electron chi connectivity index (χ0n) is 10.4. The minimum Gasteiger partial charge on any atom is -0.388 e. The third-order valence-corrected chi connectivity index (χ3v) is 3.31. The van der Waals surface area contributed by atoms with E-state index in [-0.39, 0.29) is 6.54 Å². The number of para-hydroxylation sites is 1. The summed E-state index contributed by atoms with van der Waals surface area (Å²) in [6.07, 6.45) is 3.09. The van der Waals surface area contributed by atoms with Gasteiger partial charge in [0.1, 0.15) is 17.3 Å². The van der Waals surface area contributed by atoms with E-state index in [9.17, 15) is 18.7 Å². The van der Waals surface area contributed by atoms with Crippen LogP contribution in [0.5, 0.6) is 0 Å². The van der Waals surface area contributed by atoms with Gasteiger partial charge in [0.15, 0.2) is 0 Å². The maximum atomic E-state index is 13.3. The molecule has 2 rings (SSSR count). The van der Waals surface area contributed by atoms with E-state index in [1.54, 1.807) is 0 Å². The first-order valence-electron chi connectivity index (χ1n) is 6.21. The average molecular weight is 270 g/mol. The topological polar surface area (TPSA) is 61.4 Å². The van der Waals surface area contributed by atoms with Crippen LogP contribution in [-0.4, -0.2) is 23.3 Å². The van der Waals surface area contributed by atoms with Gasteiger partial charge in [-0.2, -0.15) is 0 Å². The highest BCUT2D eigenvalue weighted by Gasteiger charge is 2.31. The van der Waals surface area contributed by atoms with Crippen molar-refractivity contribution in [3.8, 4) is 0 Å². The fourth-order valence-electron chi connectivity index (χ4n) is 2.23. The quantitative estimate of drug-likeness (QED) is 0.789. The Bertz CT molecular complexity index is 453. The van der Waals surface area contributed by atoms with Gasteiger partial charge in [0, 0.05) is 6.54 Å². The van der Waals surface area contributed by atoms with Gasteiger partial charge in [0.2, 0.25) is 0 Å². The fourth-order valence-corrected chi connectivity index (χ4v) is 2.23. The normalized spacial score (nSPS) is 17.2. The molecule has 3 N–H and O–H groups in total. The molecule has 2 amide bonds. The molecule has 0 aromatic heterocycles. The Labute approximate surface area is 109 Å². The Balaban J connectivity index is 1.91. The van der Waals surface area contributed by atoms with Crippen molar-refractivity contribution in [2.24, 2.45) is 0 Å². The monoisotopic (exact) mass is 270 g/mol. The van der Waals surface area contributed by atoms with Crippen molar-refractivity contribution in [1.82, 2.24) is 5.32 Å². The molecule has 0 radical (unpaired) electrons. The molecule has 1 fully saturated rings. The van der Waals surface area contributed by atoms with E-state index in [0.717, 1.165) is 25.0 Å². The molecular weight excluding hydrogens is 254 g/mol. The van der Waals surface area contributed by atoms with Crippen molar-refractivity contribution < 1.29 is 18.7 Å². The lowest BCUT2D eigenvalue weighted by atomic mass is 10.0. The molecule has 0 unspecified atom stereocenters. The molecule has 4 nitrogen and oxygen atoms in total. The maximum Gasteiger partial charge on any atom is 0.319 e. The van der Waals surface area contributed by atoms with Crippen molar-refractivity contribution in [1.29, 1.82) is 0 Å². The number of nitrogens with one attached hydrogen (secondary N) is 2. The summed E-state index contributed by atoms with van der Waals surface area (Å²) in [5, 5.41) is 14.6. The summed E-state index contributed by atoms with van der Waals surface area (Å²) in [6, 6.07) is 2.60. The first kappa shape index (κ1) is 13.7. The molecule has 19 heavy (non-hydrogen) atoms. The van der Waals surface area contributed by atoms with Crippen LogP contribution in [0.1, 0.15) is 25.7 Å². The van der Waals surface area contributed by atoms with E-state index in [0.29, 0.717) is 12.8 Å². The van der Waals surface area contributed by atoms with Crippen molar-refractivity contribution in [3.63, 3.8) is 0 Å². The minimum absolute atomic E-state index is 0.0783. The summed E-state index contributed by atoms with van der Waals surface area (Å²) in [6.45, 7) is 0.0783. The highest BCUT2D eigenvalue weighted by molar-refractivity contribution is 5.89. The molecule has 0 saturated heterocycles. The number of hydrogen-bond acceptors (Lipinski definition) is 2. The number of aliphatic hydroxyl groups is 1. The van der Waals surface area contributed by atoms with E-state index < -0.39 is 29.0 Å². The lowest BCUT2D eigenvalue weighted by Gasteiger charge is -2.22. The van der Waals surface area contributed by atoms with Crippen LogP contribution in [0.4, 0.5) is 19.3 Å². The van der Waals surface area contributed by atoms with Gasteiger partial charge in [0.25, 0.3) is 0 Å². The van der Waals surface area contributed by atoms with Crippen LogP contribution in [0.3, 0.4) is 0 Å². The van der Waals surface area contributed by atoms with E-state index in [4.69, 9.17) is 0 Å². The highest BCUT2D eigenvalue weighted by atomic mass is 19.1. The number of halogens is 2. The zero-order valence-corrected chi connectivity index (χ0v) is 10.4. The molecule has 104 valence electrons. The summed E-state index contributed by atoms with van der Waals surface area (Å²) in [4.78, 5) is 11.5. The summed E-state index contributed by atoms with van der Waals surface area (Å²) in [7, 11) is 0. The Morgan fingerprint density at radius 2 is 1.84 bits per heavy atom. The van der Waals surface area contributed by atoms with Gasteiger partial charge in [-0.15, -0.1) is 0 Å². The van der Waals surface area contributed by atoms with E-state index >= 15 is 0 Å².